The van der Waals surface area contributed by atoms with Gasteiger partial charge in [-0.05, 0) is 0 Å². The molecule has 0 aromatic rings. The topological polar surface area (TPSA) is 58.9 Å². The molecular formula is C8H4F8N2O2. The van der Waals surface area contributed by atoms with Gasteiger partial charge in [-0.25, -0.2) is 9.59 Å². The molecule has 20 heavy (non-hydrogen) atoms. The van der Waals surface area contributed by atoms with Gasteiger partial charge in [0.25, 0.3) is 0 Å². The Morgan fingerprint density at radius 3 is 1.60 bits per heavy atom. The molecule has 0 aliphatic carbocycles. The molecule has 0 saturated heterocycles. The highest BCUT2D eigenvalue weighted by atomic mass is 19.3. The third-order valence-electron chi connectivity index (χ3n) is 1.97. The van der Waals surface area contributed by atoms with E-state index in [1.54, 1.807) is 4.99 Å². The van der Waals surface area contributed by atoms with Crippen LogP contribution in [0.1, 0.15) is 12.8 Å². The van der Waals surface area contributed by atoms with Crippen molar-refractivity contribution in [3.8, 4) is 0 Å². The molecular weight excluding hydrogens is 308 g/mol. The highest BCUT2D eigenvalue weighted by Gasteiger charge is 2.72. The maximum absolute atomic E-state index is 12.9. The lowest BCUT2D eigenvalue weighted by molar-refractivity contribution is -0.309. The first kappa shape index (κ1) is 18.2. The monoisotopic (exact) mass is 312 g/mol. The molecule has 0 aromatic heterocycles. The summed E-state index contributed by atoms with van der Waals surface area (Å²) in [5, 5.41) is 0. The minimum Gasteiger partial charge on any atom is -0.211 e. The number of hydrogen-bond donors (Lipinski definition) is 0. The predicted octanol–water partition coefficient (Wildman–Crippen LogP) is 2.89. The van der Waals surface area contributed by atoms with Crippen LogP contribution in [0.5, 0.6) is 0 Å². The van der Waals surface area contributed by atoms with Gasteiger partial charge in [-0.2, -0.15) is 35.1 Å². The fourth-order valence-corrected chi connectivity index (χ4v) is 0.935. The molecule has 0 aliphatic heterocycles. The number of hydrogen-bond acceptors (Lipinski definition) is 4. The van der Waals surface area contributed by atoms with E-state index < -0.39 is 36.8 Å². The number of rotatable bonds is 7. The Morgan fingerprint density at radius 2 is 1.20 bits per heavy atom. The quantitative estimate of drug-likeness (QED) is 0.314. The van der Waals surface area contributed by atoms with E-state index in [0.29, 0.717) is 6.08 Å². The maximum atomic E-state index is 12.9. The van der Waals surface area contributed by atoms with Crippen LogP contribution in [-0.2, 0) is 9.59 Å². The summed E-state index contributed by atoms with van der Waals surface area (Å²) in [5.74, 6) is -11.9. The summed E-state index contributed by atoms with van der Waals surface area (Å²) in [6.45, 7) is 0. The molecule has 0 aromatic carbocycles. The van der Waals surface area contributed by atoms with Gasteiger partial charge in [-0.15, -0.1) is 9.98 Å². The van der Waals surface area contributed by atoms with Crippen molar-refractivity contribution in [3.63, 3.8) is 0 Å². The molecule has 0 bridgehead atoms. The SMILES string of the molecule is O=C=NC(F)(F)CCC(F)(F)C(F)(F)C(F)(F)N=C=O. The van der Waals surface area contributed by atoms with Crippen LogP contribution in [0.2, 0.25) is 0 Å². The number of halogens is 8. The second kappa shape index (κ2) is 5.68. The zero-order valence-corrected chi connectivity index (χ0v) is 9.15. The van der Waals surface area contributed by atoms with Crippen LogP contribution in [-0.4, -0.2) is 36.1 Å². The van der Waals surface area contributed by atoms with E-state index in [1.165, 1.54) is 4.99 Å². The van der Waals surface area contributed by atoms with E-state index in [4.69, 9.17) is 0 Å². The molecule has 0 atom stereocenters. The molecule has 0 rings (SSSR count). The Kier molecular flexibility index (Phi) is 5.17. The summed E-state index contributed by atoms with van der Waals surface area (Å²) in [5.41, 5.74) is 0. The molecule has 12 heteroatoms. The molecule has 4 nitrogen and oxygen atoms in total. The number of alkyl halides is 8. The van der Waals surface area contributed by atoms with Crippen molar-refractivity contribution in [2.45, 2.75) is 36.8 Å². The van der Waals surface area contributed by atoms with Crippen LogP contribution in [0.3, 0.4) is 0 Å². The van der Waals surface area contributed by atoms with Crippen LogP contribution < -0.4 is 0 Å². The van der Waals surface area contributed by atoms with Crippen LogP contribution in [0.25, 0.3) is 0 Å². The Balaban J connectivity index is 5.22. The molecule has 0 amide bonds. The van der Waals surface area contributed by atoms with Gasteiger partial charge in [-0.1, -0.05) is 0 Å². The zero-order valence-electron chi connectivity index (χ0n) is 9.15. The van der Waals surface area contributed by atoms with Gasteiger partial charge < -0.3 is 0 Å². The fraction of sp³-hybridized carbons (Fsp3) is 0.750. The molecule has 0 heterocycles. The van der Waals surface area contributed by atoms with E-state index in [9.17, 15) is 44.7 Å². The summed E-state index contributed by atoms with van der Waals surface area (Å²) in [6.07, 6.45) is -4.28. The van der Waals surface area contributed by atoms with E-state index in [-0.39, 0.29) is 6.08 Å². The summed E-state index contributed by atoms with van der Waals surface area (Å²) in [6, 6.07) is -10.3. The van der Waals surface area contributed by atoms with Crippen molar-refractivity contribution in [2.75, 3.05) is 0 Å². The van der Waals surface area contributed by atoms with Gasteiger partial charge in [-0.3, -0.25) is 0 Å². The summed E-state index contributed by atoms with van der Waals surface area (Å²) < 4.78 is 101. The average Bonchev–Trinajstić information content (AvgIpc) is 2.26. The van der Waals surface area contributed by atoms with Crippen molar-refractivity contribution in [3.05, 3.63) is 0 Å². The number of nitrogens with zero attached hydrogens (tertiary/aromatic N) is 2. The standard InChI is InChI=1S/C8H4F8N2O2/c9-5(10,1-2-6(11,12)17-3-19)7(13,14)8(15,16)18-4-20/h1-2H2. The number of carbonyl (C=O) groups excluding carboxylic acids is 2. The predicted molar refractivity (Wildman–Crippen MR) is 45.3 cm³/mol. The lowest BCUT2D eigenvalue weighted by Crippen LogP contribution is -2.53. The van der Waals surface area contributed by atoms with Gasteiger partial charge in [0.2, 0.25) is 12.2 Å². The van der Waals surface area contributed by atoms with Gasteiger partial charge in [0.1, 0.15) is 0 Å². The first-order valence-corrected chi connectivity index (χ1v) is 4.52. The number of aliphatic imine (C=N–C) groups is 2. The molecule has 0 N–H and O–H groups in total. The molecule has 0 fully saturated rings. The van der Waals surface area contributed by atoms with Crippen LogP contribution >= 0.6 is 0 Å². The Bertz CT molecular complexity index is 451. The fourth-order valence-electron chi connectivity index (χ4n) is 0.935. The molecule has 0 saturated carbocycles. The third kappa shape index (κ3) is 3.84. The Morgan fingerprint density at radius 1 is 0.750 bits per heavy atom. The van der Waals surface area contributed by atoms with Crippen molar-refractivity contribution in [1.29, 1.82) is 0 Å². The number of isocyanates is 2. The van der Waals surface area contributed by atoms with Crippen LogP contribution in [0, 0.1) is 0 Å². The highest BCUT2D eigenvalue weighted by molar-refractivity contribution is 5.34. The largest absolute Gasteiger partial charge is 0.421 e. The summed E-state index contributed by atoms with van der Waals surface area (Å²) in [7, 11) is 0. The van der Waals surface area contributed by atoms with Gasteiger partial charge >= 0.3 is 23.9 Å². The molecule has 0 spiro atoms. The highest BCUT2D eigenvalue weighted by Crippen LogP contribution is 2.49. The van der Waals surface area contributed by atoms with Crippen molar-refractivity contribution >= 4 is 12.2 Å². The molecule has 0 unspecified atom stereocenters. The van der Waals surface area contributed by atoms with Crippen molar-refractivity contribution in [2.24, 2.45) is 9.98 Å². The second-order valence-electron chi connectivity index (χ2n) is 3.39. The van der Waals surface area contributed by atoms with Gasteiger partial charge in [0, 0.05) is 12.8 Å². The van der Waals surface area contributed by atoms with E-state index in [2.05, 4.69) is 0 Å². The smallest absolute Gasteiger partial charge is 0.211 e. The molecule has 114 valence electrons. The van der Waals surface area contributed by atoms with Gasteiger partial charge in [0.05, 0.1) is 0 Å². The lowest BCUT2D eigenvalue weighted by atomic mass is 10.0. The lowest BCUT2D eigenvalue weighted by Gasteiger charge is -2.29. The van der Waals surface area contributed by atoms with E-state index in [1.807, 2.05) is 0 Å². The molecule has 0 radical (unpaired) electrons. The maximum Gasteiger partial charge on any atom is 0.421 e. The first-order valence-electron chi connectivity index (χ1n) is 4.52. The minimum atomic E-state index is -6.21. The zero-order chi connectivity index (χ0) is 16.2. The van der Waals surface area contributed by atoms with Crippen molar-refractivity contribution in [1.82, 2.24) is 0 Å². The average molecular weight is 312 g/mol. The van der Waals surface area contributed by atoms with Gasteiger partial charge in [0.15, 0.2) is 0 Å². The normalized spacial score (nSPS) is 13.4. The second-order valence-corrected chi connectivity index (χ2v) is 3.39. The minimum absolute atomic E-state index is 0.0275. The first-order chi connectivity index (χ1) is 8.83. The Hall–Kier alpha value is -1.80. The third-order valence-corrected chi connectivity index (χ3v) is 1.97. The van der Waals surface area contributed by atoms with E-state index in [0.717, 1.165) is 0 Å². The van der Waals surface area contributed by atoms with Crippen molar-refractivity contribution < 1.29 is 44.7 Å². The summed E-state index contributed by atoms with van der Waals surface area (Å²) in [4.78, 5) is 22.0. The van der Waals surface area contributed by atoms with Crippen LogP contribution in [0.4, 0.5) is 35.1 Å². The van der Waals surface area contributed by atoms with Crippen LogP contribution in [0.15, 0.2) is 9.98 Å². The van der Waals surface area contributed by atoms with E-state index >= 15 is 0 Å². The molecule has 0 aliphatic rings. The summed E-state index contributed by atoms with van der Waals surface area (Å²) >= 11 is 0. The Labute approximate surface area is 105 Å².